The highest BCUT2D eigenvalue weighted by molar-refractivity contribution is 9.10. The van der Waals surface area contributed by atoms with Crippen LogP contribution in [-0.4, -0.2) is 44.7 Å². The van der Waals surface area contributed by atoms with Crippen LogP contribution >= 0.6 is 15.9 Å². The molecule has 1 aliphatic rings. The van der Waals surface area contributed by atoms with E-state index < -0.39 is 6.09 Å². The average molecular weight is 368 g/mol. The molecule has 1 aliphatic heterocycles. The number of amides is 1. The Hall–Kier alpha value is -2.09. The Morgan fingerprint density at radius 1 is 1.36 bits per heavy atom. The first-order valence-corrected chi connectivity index (χ1v) is 7.65. The second-order valence-corrected chi connectivity index (χ2v) is 6.01. The second kappa shape index (κ2) is 5.96. The van der Waals surface area contributed by atoms with Gasteiger partial charge in [0.2, 0.25) is 5.75 Å². The van der Waals surface area contributed by atoms with E-state index in [2.05, 4.69) is 20.9 Å². The lowest BCUT2D eigenvalue weighted by atomic mass is 10.1. The molecule has 0 bridgehead atoms. The van der Waals surface area contributed by atoms with Gasteiger partial charge in [0.05, 0.1) is 6.20 Å². The largest absolute Gasteiger partial charge is 0.483 e. The maximum atomic E-state index is 12.4. The zero-order valence-electron chi connectivity index (χ0n) is 11.6. The van der Waals surface area contributed by atoms with Crippen LogP contribution in [0.25, 0.3) is 5.65 Å². The maximum absolute atomic E-state index is 12.4. The molecular weight excluding hydrogens is 354 g/mol. The van der Waals surface area contributed by atoms with Gasteiger partial charge in [-0.25, -0.2) is 9.78 Å². The lowest BCUT2D eigenvalue weighted by molar-refractivity contribution is 0.0884. The molecule has 0 unspecified atom stereocenters. The van der Waals surface area contributed by atoms with Crippen molar-refractivity contribution in [2.75, 3.05) is 13.1 Å². The van der Waals surface area contributed by atoms with E-state index in [1.807, 2.05) is 6.07 Å². The number of pyridine rings is 1. The molecule has 0 atom stereocenters. The van der Waals surface area contributed by atoms with Crippen LogP contribution in [0.2, 0.25) is 0 Å². The van der Waals surface area contributed by atoms with Gasteiger partial charge in [-0.3, -0.25) is 9.20 Å². The number of rotatable bonds is 2. The molecule has 0 aliphatic carbocycles. The number of ether oxygens (including phenoxy) is 1. The van der Waals surface area contributed by atoms with Crippen LogP contribution < -0.4 is 10.3 Å². The topological polar surface area (TPSA) is 84.1 Å². The minimum absolute atomic E-state index is 0.171. The van der Waals surface area contributed by atoms with E-state index in [0.29, 0.717) is 31.6 Å². The predicted octanol–water partition coefficient (Wildman–Crippen LogP) is 1.98. The fourth-order valence-corrected chi connectivity index (χ4v) is 2.80. The molecule has 0 spiro atoms. The summed E-state index contributed by atoms with van der Waals surface area (Å²) in [7, 11) is 0. The predicted molar refractivity (Wildman–Crippen MR) is 82.4 cm³/mol. The van der Waals surface area contributed by atoms with Gasteiger partial charge in [0.25, 0.3) is 5.56 Å². The van der Waals surface area contributed by atoms with Gasteiger partial charge in [0.15, 0.2) is 0 Å². The summed E-state index contributed by atoms with van der Waals surface area (Å²) < 4.78 is 7.93. The third-order valence-electron chi connectivity index (χ3n) is 3.64. The van der Waals surface area contributed by atoms with Crippen molar-refractivity contribution in [3.05, 3.63) is 39.4 Å². The van der Waals surface area contributed by atoms with Crippen molar-refractivity contribution in [2.24, 2.45) is 0 Å². The van der Waals surface area contributed by atoms with Gasteiger partial charge in [-0.05, 0) is 28.1 Å². The van der Waals surface area contributed by atoms with E-state index >= 15 is 0 Å². The summed E-state index contributed by atoms with van der Waals surface area (Å²) in [6.45, 7) is 0.821. The molecule has 116 valence electrons. The Balaban J connectivity index is 1.79. The van der Waals surface area contributed by atoms with E-state index in [1.54, 1.807) is 12.3 Å². The quantitative estimate of drug-likeness (QED) is 0.876. The van der Waals surface area contributed by atoms with E-state index in [0.717, 1.165) is 4.47 Å². The van der Waals surface area contributed by atoms with Crippen LogP contribution in [0.1, 0.15) is 12.8 Å². The Labute approximate surface area is 134 Å². The molecule has 1 N–H and O–H groups in total. The van der Waals surface area contributed by atoms with E-state index in [-0.39, 0.29) is 17.4 Å². The fraction of sp³-hybridized carbons (Fsp3) is 0.357. The SMILES string of the molecule is O=C(O)N1CCC(Oc2cnc3ccc(Br)cn3c2=O)CC1. The first kappa shape index (κ1) is 14.8. The van der Waals surface area contributed by atoms with Crippen molar-refractivity contribution >= 4 is 27.7 Å². The van der Waals surface area contributed by atoms with Crippen LogP contribution in [0, 0.1) is 0 Å². The van der Waals surface area contributed by atoms with Crippen molar-refractivity contribution in [1.82, 2.24) is 14.3 Å². The highest BCUT2D eigenvalue weighted by Gasteiger charge is 2.24. The maximum Gasteiger partial charge on any atom is 0.407 e. The van der Waals surface area contributed by atoms with Crippen LogP contribution in [0.3, 0.4) is 0 Å². The van der Waals surface area contributed by atoms with Crippen molar-refractivity contribution in [3.63, 3.8) is 0 Å². The van der Waals surface area contributed by atoms with Crippen LogP contribution in [0.5, 0.6) is 5.75 Å². The number of hydrogen-bond donors (Lipinski definition) is 1. The molecule has 3 rings (SSSR count). The normalized spacial score (nSPS) is 16.0. The number of halogens is 1. The van der Waals surface area contributed by atoms with Crippen molar-refractivity contribution in [1.29, 1.82) is 0 Å². The molecular formula is C14H14BrN3O4. The van der Waals surface area contributed by atoms with Gasteiger partial charge in [-0.2, -0.15) is 0 Å². The number of likely N-dealkylation sites (tertiary alicyclic amines) is 1. The number of carboxylic acid groups (broad SMARTS) is 1. The highest BCUT2D eigenvalue weighted by atomic mass is 79.9. The van der Waals surface area contributed by atoms with Crippen LogP contribution in [0.4, 0.5) is 4.79 Å². The zero-order chi connectivity index (χ0) is 15.7. The summed E-state index contributed by atoms with van der Waals surface area (Å²) in [5.74, 6) is 0.185. The Bertz CT molecular complexity index is 768. The third-order valence-corrected chi connectivity index (χ3v) is 4.11. The fourth-order valence-electron chi connectivity index (χ4n) is 2.46. The molecule has 2 aromatic rings. The number of piperidine rings is 1. The Morgan fingerprint density at radius 3 is 2.77 bits per heavy atom. The van der Waals surface area contributed by atoms with Crippen molar-refractivity contribution in [2.45, 2.75) is 18.9 Å². The molecule has 0 aromatic carbocycles. The molecule has 7 nitrogen and oxygen atoms in total. The third kappa shape index (κ3) is 2.92. The molecule has 1 saturated heterocycles. The average Bonchev–Trinajstić information content (AvgIpc) is 2.51. The zero-order valence-corrected chi connectivity index (χ0v) is 13.2. The van der Waals surface area contributed by atoms with E-state index in [1.165, 1.54) is 15.5 Å². The summed E-state index contributed by atoms with van der Waals surface area (Å²) in [6, 6.07) is 3.55. The molecule has 0 radical (unpaired) electrons. The van der Waals surface area contributed by atoms with E-state index in [4.69, 9.17) is 9.84 Å². The number of aromatic nitrogens is 2. The first-order chi connectivity index (χ1) is 10.5. The Kier molecular flexibility index (Phi) is 4.02. The lowest BCUT2D eigenvalue weighted by Gasteiger charge is -2.29. The van der Waals surface area contributed by atoms with Gasteiger partial charge in [-0.15, -0.1) is 0 Å². The molecule has 8 heteroatoms. The van der Waals surface area contributed by atoms with Gasteiger partial charge < -0.3 is 14.7 Å². The second-order valence-electron chi connectivity index (χ2n) is 5.09. The van der Waals surface area contributed by atoms with Gasteiger partial charge >= 0.3 is 6.09 Å². The summed E-state index contributed by atoms with van der Waals surface area (Å²) in [5.41, 5.74) is 0.271. The highest BCUT2D eigenvalue weighted by Crippen LogP contribution is 2.17. The number of carbonyl (C=O) groups is 1. The monoisotopic (exact) mass is 367 g/mol. The molecule has 1 amide bonds. The van der Waals surface area contributed by atoms with Crippen molar-refractivity contribution in [3.8, 4) is 5.75 Å². The number of nitrogens with zero attached hydrogens (tertiary/aromatic N) is 3. The van der Waals surface area contributed by atoms with E-state index in [9.17, 15) is 9.59 Å². The summed E-state index contributed by atoms with van der Waals surface area (Å²) in [6.07, 6.45) is 3.10. The molecule has 2 aromatic heterocycles. The minimum Gasteiger partial charge on any atom is -0.483 e. The standard InChI is InChI=1S/C14H14BrN3O4/c15-9-1-2-12-16-7-11(13(19)18(12)8-9)22-10-3-5-17(6-4-10)14(20)21/h1-2,7-8,10H,3-6H2,(H,20,21). The minimum atomic E-state index is -0.921. The number of fused-ring (bicyclic) bond motifs is 1. The molecule has 22 heavy (non-hydrogen) atoms. The van der Waals surface area contributed by atoms with Gasteiger partial charge in [-0.1, -0.05) is 0 Å². The summed E-state index contributed by atoms with van der Waals surface area (Å²) >= 11 is 3.32. The first-order valence-electron chi connectivity index (χ1n) is 6.86. The van der Waals surface area contributed by atoms with Crippen LogP contribution in [0.15, 0.2) is 33.8 Å². The number of hydrogen-bond acceptors (Lipinski definition) is 4. The van der Waals surface area contributed by atoms with Gasteiger partial charge in [0, 0.05) is 36.6 Å². The molecule has 1 fully saturated rings. The van der Waals surface area contributed by atoms with Gasteiger partial charge in [0.1, 0.15) is 11.8 Å². The molecule has 0 saturated carbocycles. The lowest BCUT2D eigenvalue weighted by Crippen LogP contribution is -2.41. The summed E-state index contributed by atoms with van der Waals surface area (Å²) in [4.78, 5) is 28.8. The summed E-state index contributed by atoms with van der Waals surface area (Å²) in [5, 5.41) is 8.92. The van der Waals surface area contributed by atoms with Crippen LogP contribution in [-0.2, 0) is 0 Å². The Morgan fingerprint density at radius 2 is 2.09 bits per heavy atom. The van der Waals surface area contributed by atoms with Crippen molar-refractivity contribution < 1.29 is 14.6 Å². The molecule has 3 heterocycles. The smallest absolute Gasteiger partial charge is 0.407 e.